The number of sulfonamides is 1. The standard InChI is InChI=1S/C31H39N7O4S/c1-18-23(32)6-5-13-36(18)31(39)21-14-24-28(26(16-21)42-3)37(17-19-7-8-19)30(33-24)25-15-20-9-12-27(35(2)43(4,40)41)34-29(20)38(25)22-10-11-22/h9,12,14-16,18-19,22-23H,5-8,10-11,13,17,32H2,1-4H3/t18-,23-/m1/s1. The average Bonchev–Trinajstić information content (AvgIpc) is 3.92. The van der Waals surface area contributed by atoms with E-state index in [1.165, 1.54) is 30.5 Å². The van der Waals surface area contributed by atoms with Crippen molar-refractivity contribution in [2.45, 2.75) is 70.1 Å². The number of anilines is 1. The molecule has 3 aromatic heterocycles. The predicted molar refractivity (Wildman–Crippen MR) is 167 cm³/mol. The Morgan fingerprint density at radius 2 is 1.88 bits per heavy atom. The lowest BCUT2D eigenvalue weighted by atomic mass is 9.97. The second kappa shape index (κ2) is 10.2. The fourth-order valence-corrected chi connectivity index (χ4v) is 6.81. The van der Waals surface area contributed by atoms with E-state index in [1.54, 1.807) is 13.2 Å². The van der Waals surface area contributed by atoms with Gasteiger partial charge in [0.15, 0.2) is 5.82 Å². The topological polar surface area (TPSA) is 129 Å². The molecule has 0 radical (unpaired) electrons. The van der Waals surface area contributed by atoms with Gasteiger partial charge in [-0.25, -0.2) is 18.4 Å². The summed E-state index contributed by atoms with van der Waals surface area (Å²) in [4.78, 5) is 25.7. The molecule has 1 aromatic carbocycles. The van der Waals surface area contributed by atoms with Crippen LogP contribution in [0.5, 0.6) is 5.75 Å². The molecule has 3 fully saturated rings. The van der Waals surface area contributed by atoms with Gasteiger partial charge in [0.05, 0.1) is 24.6 Å². The Labute approximate surface area is 251 Å². The molecule has 0 unspecified atom stereocenters. The number of carbonyl (C=O) groups excluding carboxylic acids is 1. The number of rotatable bonds is 8. The number of imidazole rings is 1. The van der Waals surface area contributed by atoms with Gasteiger partial charge in [-0.05, 0) is 81.7 Å². The summed E-state index contributed by atoms with van der Waals surface area (Å²) in [5.74, 6) is 2.31. The van der Waals surface area contributed by atoms with Crippen molar-refractivity contribution in [3.8, 4) is 17.3 Å². The van der Waals surface area contributed by atoms with Crippen molar-refractivity contribution in [1.82, 2.24) is 24.0 Å². The largest absolute Gasteiger partial charge is 0.494 e. The van der Waals surface area contributed by atoms with Crippen LogP contribution in [0.15, 0.2) is 30.3 Å². The Hall–Kier alpha value is -3.64. The molecule has 0 spiro atoms. The van der Waals surface area contributed by atoms with Gasteiger partial charge in [-0.15, -0.1) is 0 Å². The maximum Gasteiger partial charge on any atom is 0.254 e. The Bertz CT molecular complexity index is 1850. The molecular weight excluding hydrogens is 566 g/mol. The number of hydrogen-bond donors (Lipinski definition) is 1. The van der Waals surface area contributed by atoms with Crippen molar-refractivity contribution in [3.05, 3.63) is 35.9 Å². The van der Waals surface area contributed by atoms with Crippen molar-refractivity contribution in [1.29, 1.82) is 0 Å². The molecule has 228 valence electrons. The fourth-order valence-electron chi connectivity index (χ4n) is 6.37. The number of ether oxygens (including phenoxy) is 1. The van der Waals surface area contributed by atoms with Gasteiger partial charge >= 0.3 is 0 Å². The zero-order chi connectivity index (χ0) is 30.2. The van der Waals surface area contributed by atoms with E-state index in [4.69, 9.17) is 20.4 Å². The molecule has 2 N–H and O–H groups in total. The summed E-state index contributed by atoms with van der Waals surface area (Å²) in [6, 6.07) is 9.69. The molecule has 1 aliphatic heterocycles. The summed E-state index contributed by atoms with van der Waals surface area (Å²) in [7, 11) is -0.297. The second-order valence-corrected chi connectivity index (χ2v) is 14.5. The molecule has 7 rings (SSSR count). The number of amides is 1. The van der Waals surface area contributed by atoms with Gasteiger partial charge in [0, 0.05) is 49.2 Å². The average molecular weight is 606 g/mol. The number of hydrogen-bond acceptors (Lipinski definition) is 7. The number of benzene rings is 1. The van der Waals surface area contributed by atoms with E-state index in [9.17, 15) is 13.2 Å². The molecule has 4 heterocycles. The van der Waals surface area contributed by atoms with E-state index in [0.717, 1.165) is 60.3 Å². The van der Waals surface area contributed by atoms with Crippen LogP contribution in [0.4, 0.5) is 5.82 Å². The van der Waals surface area contributed by atoms with Gasteiger partial charge < -0.3 is 24.5 Å². The number of fused-ring (bicyclic) bond motifs is 2. The number of nitrogens with two attached hydrogens (primary N) is 1. The van der Waals surface area contributed by atoms with Crippen LogP contribution >= 0.6 is 0 Å². The van der Waals surface area contributed by atoms with E-state index in [1.807, 2.05) is 30.0 Å². The number of piperidine rings is 1. The minimum absolute atomic E-state index is 0.0385. The number of aromatic nitrogens is 4. The molecule has 1 amide bonds. The van der Waals surface area contributed by atoms with Crippen LogP contribution in [-0.4, -0.2) is 77.4 Å². The summed E-state index contributed by atoms with van der Waals surface area (Å²) in [6.45, 7) is 3.50. The predicted octanol–water partition coefficient (Wildman–Crippen LogP) is 4.15. The van der Waals surface area contributed by atoms with Crippen LogP contribution in [0.1, 0.15) is 61.8 Å². The molecule has 0 bridgehead atoms. The molecule has 2 aliphatic carbocycles. The third kappa shape index (κ3) is 4.94. The minimum atomic E-state index is -3.46. The van der Waals surface area contributed by atoms with Crippen LogP contribution in [0.25, 0.3) is 33.6 Å². The summed E-state index contributed by atoms with van der Waals surface area (Å²) in [5, 5.41) is 0.927. The van der Waals surface area contributed by atoms with Crippen LogP contribution in [-0.2, 0) is 16.6 Å². The van der Waals surface area contributed by atoms with Gasteiger partial charge in [0.25, 0.3) is 5.91 Å². The van der Waals surface area contributed by atoms with Crippen molar-refractivity contribution in [2.24, 2.45) is 11.7 Å². The summed E-state index contributed by atoms with van der Waals surface area (Å²) >= 11 is 0. The number of methoxy groups -OCH3 is 1. The van der Waals surface area contributed by atoms with Gasteiger partial charge in [0.1, 0.15) is 22.7 Å². The third-order valence-corrected chi connectivity index (χ3v) is 10.5. The lowest BCUT2D eigenvalue weighted by Gasteiger charge is -2.37. The van der Waals surface area contributed by atoms with Gasteiger partial charge in [-0.3, -0.25) is 9.10 Å². The monoisotopic (exact) mass is 605 g/mol. The molecule has 12 heteroatoms. The molecule has 11 nitrogen and oxygen atoms in total. The third-order valence-electron chi connectivity index (χ3n) is 9.35. The maximum absolute atomic E-state index is 13.8. The number of nitrogens with zero attached hydrogens (tertiary/aromatic N) is 6. The smallest absolute Gasteiger partial charge is 0.254 e. The van der Waals surface area contributed by atoms with Crippen molar-refractivity contribution in [2.75, 3.05) is 31.3 Å². The minimum Gasteiger partial charge on any atom is -0.494 e. The molecule has 3 aliphatic rings. The number of likely N-dealkylation sites (tertiary alicyclic amines) is 1. The highest BCUT2D eigenvalue weighted by Crippen LogP contribution is 2.44. The molecule has 1 saturated heterocycles. The first kappa shape index (κ1) is 28.1. The van der Waals surface area contributed by atoms with E-state index >= 15 is 0 Å². The lowest BCUT2D eigenvalue weighted by Crippen LogP contribution is -2.52. The van der Waals surface area contributed by atoms with Crippen LogP contribution in [0, 0.1) is 5.92 Å². The highest BCUT2D eigenvalue weighted by molar-refractivity contribution is 7.92. The Kier molecular flexibility index (Phi) is 6.69. The zero-order valence-corrected chi connectivity index (χ0v) is 26.0. The van der Waals surface area contributed by atoms with E-state index in [0.29, 0.717) is 35.1 Å². The number of carbonyl (C=O) groups is 1. The Morgan fingerprint density at radius 3 is 2.56 bits per heavy atom. The first-order valence-corrected chi connectivity index (χ1v) is 17.0. The van der Waals surface area contributed by atoms with Gasteiger partial charge in [0.2, 0.25) is 10.0 Å². The highest BCUT2D eigenvalue weighted by Gasteiger charge is 2.34. The summed E-state index contributed by atoms with van der Waals surface area (Å²) < 4.78 is 36.1. The van der Waals surface area contributed by atoms with Crippen molar-refractivity contribution in [3.63, 3.8) is 0 Å². The zero-order valence-electron chi connectivity index (χ0n) is 25.2. The normalized spacial score (nSPS) is 21.1. The maximum atomic E-state index is 13.8. The fraction of sp³-hybridized carbons (Fsp3) is 0.516. The molecular formula is C31H39N7O4S. The molecule has 2 saturated carbocycles. The van der Waals surface area contributed by atoms with Gasteiger partial charge in [-0.1, -0.05) is 0 Å². The first-order valence-electron chi connectivity index (χ1n) is 15.2. The first-order chi connectivity index (χ1) is 20.5. The second-order valence-electron chi connectivity index (χ2n) is 12.5. The molecule has 2 atom stereocenters. The van der Waals surface area contributed by atoms with Crippen molar-refractivity contribution >= 4 is 43.8 Å². The molecule has 43 heavy (non-hydrogen) atoms. The highest BCUT2D eigenvalue weighted by atomic mass is 32.2. The lowest BCUT2D eigenvalue weighted by molar-refractivity contribution is 0.0604. The molecule has 4 aromatic rings. The van der Waals surface area contributed by atoms with E-state index in [2.05, 4.69) is 15.2 Å². The SMILES string of the molecule is COc1cc(C(=O)N2CCC[C@@H](N)[C@H]2C)cc2nc(-c3cc4ccc(N(C)S(C)(=O)=O)nc4n3C3CC3)n(CC3CC3)c12. The van der Waals surface area contributed by atoms with E-state index < -0.39 is 10.0 Å². The number of pyridine rings is 1. The van der Waals surface area contributed by atoms with Crippen LogP contribution < -0.4 is 14.8 Å². The van der Waals surface area contributed by atoms with Crippen LogP contribution in [0.2, 0.25) is 0 Å². The summed E-state index contributed by atoms with van der Waals surface area (Å²) in [5.41, 5.74) is 10.1. The summed E-state index contributed by atoms with van der Waals surface area (Å²) in [6.07, 6.45) is 7.35. The van der Waals surface area contributed by atoms with Gasteiger partial charge in [-0.2, -0.15) is 0 Å². The quantitative estimate of drug-likeness (QED) is 0.319. The Morgan fingerprint density at radius 1 is 1.12 bits per heavy atom. The van der Waals surface area contributed by atoms with Crippen molar-refractivity contribution < 1.29 is 17.9 Å². The van der Waals surface area contributed by atoms with Crippen LogP contribution in [0.3, 0.4) is 0 Å². The Balaban J connectivity index is 1.40. The van der Waals surface area contributed by atoms with E-state index in [-0.39, 0.29) is 24.0 Å².